The van der Waals surface area contributed by atoms with E-state index in [4.69, 9.17) is 4.99 Å². The maximum Gasteiger partial charge on any atom is 0.193 e. The first-order valence-electron chi connectivity index (χ1n) is 9.01. The second-order valence-corrected chi connectivity index (χ2v) is 7.57. The van der Waals surface area contributed by atoms with E-state index in [2.05, 4.69) is 76.3 Å². The van der Waals surface area contributed by atoms with Crippen LogP contribution in [-0.2, 0) is 6.54 Å². The number of hydrogen-bond donors (Lipinski definition) is 1. The van der Waals surface area contributed by atoms with Gasteiger partial charge >= 0.3 is 0 Å². The van der Waals surface area contributed by atoms with Crippen LogP contribution >= 0.6 is 15.9 Å². The van der Waals surface area contributed by atoms with Crippen LogP contribution in [0.5, 0.6) is 0 Å². The predicted molar refractivity (Wildman–Crippen MR) is 106 cm³/mol. The molecule has 0 unspecified atom stereocenters. The summed E-state index contributed by atoms with van der Waals surface area (Å²) < 4.78 is 1.15. The highest BCUT2D eigenvalue weighted by atomic mass is 79.9. The van der Waals surface area contributed by atoms with Crippen LogP contribution in [0, 0.1) is 5.92 Å². The van der Waals surface area contributed by atoms with Gasteiger partial charge in [-0.05, 0) is 63.9 Å². The molecule has 24 heavy (non-hydrogen) atoms. The van der Waals surface area contributed by atoms with E-state index >= 15 is 0 Å². The van der Waals surface area contributed by atoms with Crippen LogP contribution < -0.4 is 5.32 Å². The van der Waals surface area contributed by atoms with Gasteiger partial charge in [0.1, 0.15) is 0 Å². The Morgan fingerprint density at radius 3 is 2.71 bits per heavy atom. The number of hydrogen-bond acceptors (Lipinski definition) is 2. The lowest BCUT2D eigenvalue weighted by molar-refractivity contribution is 0.214. The number of benzene rings is 1. The third-order valence-corrected chi connectivity index (χ3v) is 5.47. The summed E-state index contributed by atoms with van der Waals surface area (Å²) in [5, 5.41) is 3.42. The van der Waals surface area contributed by atoms with Crippen LogP contribution in [0.3, 0.4) is 0 Å². The van der Waals surface area contributed by atoms with Crippen LogP contribution in [0.15, 0.2) is 33.7 Å². The van der Waals surface area contributed by atoms with Crippen LogP contribution in [-0.4, -0.2) is 56.0 Å². The lowest BCUT2D eigenvalue weighted by atomic mass is 9.94. The number of nitrogens with one attached hydrogen (secondary N) is 1. The van der Waals surface area contributed by atoms with E-state index in [9.17, 15) is 0 Å². The molecule has 1 fully saturated rings. The minimum atomic E-state index is 0.835. The highest BCUT2D eigenvalue weighted by molar-refractivity contribution is 9.10. The molecule has 0 atom stereocenters. The summed E-state index contributed by atoms with van der Waals surface area (Å²) in [5.74, 6) is 1.84. The van der Waals surface area contributed by atoms with Gasteiger partial charge in [-0.1, -0.05) is 34.1 Å². The topological polar surface area (TPSA) is 30.9 Å². The van der Waals surface area contributed by atoms with Crippen molar-refractivity contribution in [1.29, 1.82) is 0 Å². The van der Waals surface area contributed by atoms with E-state index in [1.54, 1.807) is 0 Å². The van der Waals surface area contributed by atoms with Gasteiger partial charge in [-0.15, -0.1) is 0 Å². The lowest BCUT2D eigenvalue weighted by Crippen LogP contribution is -2.38. The zero-order valence-electron chi connectivity index (χ0n) is 15.3. The fourth-order valence-corrected chi connectivity index (χ4v) is 3.54. The minimum Gasteiger partial charge on any atom is -0.357 e. The van der Waals surface area contributed by atoms with Crippen LogP contribution in [0.4, 0.5) is 0 Å². The highest BCUT2D eigenvalue weighted by Crippen LogP contribution is 2.20. The number of halogens is 1. The fraction of sp³-hybridized carbons (Fsp3) is 0.632. The van der Waals surface area contributed by atoms with Crippen molar-refractivity contribution >= 4 is 21.9 Å². The molecule has 134 valence electrons. The average Bonchev–Trinajstić information content (AvgIpc) is 2.58. The van der Waals surface area contributed by atoms with Gasteiger partial charge in [-0.2, -0.15) is 0 Å². The van der Waals surface area contributed by atoms with Crippen LogP contribution in [0.1, 0.15) is 31.7 Å². The Bertz CT molecular complexity index is 524. The molecule has 0 amide bonds. The fourth-order valence-electron chi connectivity index (χ4n) is 3.13. The van der Waals surface area contributed by atoms with Crippen molar-refractivity contribution in [1.82, 2.24) is 15.1 Å². The number of piperidine rings is 1. The van der Waals surface area contributed by atoms with Crippen molar-refractivity contribution in [2.45, 2.75) is 32.7 Å². The van der Waals surface area contributed by atoms with Crippen molar-refractivity contribution in [3.8, 4) is 0 Å². The monoisotopic (exact) mass is 394 g/mol. The Balaban J connectivity index is 1.88. The summed E-state index contributed by atoms with van der Waals surface area (Å²) in [7, 11) is 4.32. The molecule has 5 heteroatoms. The summed E-state index contributed by atoms with van der Waals surface area (Å²) >= 11 is 3.63. The highest BCUT2D eigenvalue weighted by Gasteiger charge is 2.16. The third-order valence-electron chi connectivity index (χ3n) is 4.70. The van der Waals surface area contributed by atoms with Gasteiger partial charge in [0, 0.05) is 31.2 Å². The maximum atomic E-state index is 4.85. The molecule has 1 saturated heterocycles. The van der Waals surface area contributed by atoms with Gasteiger partial charge in [0.15, 0.2) is 5.96 Å². The molecule has 0 spiro atoms. The van der Waals surface area contributed by atoms with E-state index in [1.807, 2.05) is 0 Å². The van der Waals surface area contributed by atoms with Gasteiger partial charge in [-0.3, -0.25) is 4.99 Å². The SMILES string of the molecule is CCNC(=NCCC1CCN(C)CC1)N(C)Cc1ccccc1Br. The number of nitrogens with zero attached hydrogens (tertiary/aromatic N) is 3. The number of aliphatic imine (C=N–C) groups is 1. The Morgan fingerprint density at radius 1 is 1.33 bits per heavy atom. The standard InChI is InChI=1S/C19H31BrN4/c1-4-21-19(22-12-9-16-10-13-23(2)14-11-16)24(3)15-17-7-5-6-8-18(17)20/h5-8,16H,4,9-15H2,1-3H3,(H,21,22). The molecule has 2 rings (SSSR count). The summed E-state index contributed by atoms with van der Waals surface area (Å²) in [6.07, 6.45) is 3.83. The van der Waals surface area contributed by atoms with Crippen LogP contribution in [0.2, 0.25) is 0 Å². The normalized spacial score (nSPS) is 17.1. The van der Waals surface area contributed by atoms with E-state index < -0.39 is 0 Å². The minimum absolute atomic E-state index is 0.835. The maximum absolute atomic E-state index is 4.85. The molecule has 0 aromatic heterocycles. The molecular weight excluding hydrogens is 364 g/mol. The summed E-state index contributed by atoms with van der Waals surface area (Å²) in [4.78, 5) is 9.49. The van der Waals surface area contributed by atoms with Crippen LogP contribution in [0.25, 0.3) is 0 Å². The molecule has 1 aromatic carbocycles. The predicted octanol–water partition coefficient (Wildman–Crippen LogP) is 3.58. The second-order valence-electron chi connectivity index (χ2n) is 6.72. The Labute approximate surface area is 155 Å². The first-order chi connectivity index (χ1) is 11.6. The van der Waals surface area contributed by atoms with E-state index in [0.717, 1.165) is 36.0 Å². The zero-order chi connectivity index (χ0) is 17.4. The second kappa shape index (κ2) is 10.0. The first kappa shape index (κ1) is 19.3. The van der Waals surface area contributed by atoms with Gasteiger partial charge in [0.05, 0.1) is 0 Å². The van der Waals surface area contributed by atoms with E-state index in [0.29, 0.717) is 0 Å². The van der Waals surface area contributed by atoms with Gasteiger partial charge in [0.2, 0.25) is 0 Å². The Morgan fingerprint density at radius 2 is 2.04 bits per heavy atom. The van der Waals surface area contributed by atoms with E-state index in [1.165, 1.54) is 37.9 Å². The third kappa shape index (κ3) is 6.10. The molecule has 0 aliphatic carbocycles. The average molecular weight is 395 g/mol. The molecule has 1 aliphatic heterocycles. The summed E-state index contributed by atoms with van der Waals surface area (Å²) in [6.45, 7) is 7.25. The molecule has 4 nitrogen and oxygen atoms in total. The van der Waals surface area contributed by atoms with Crippen molar-refractivity contribution in [2.24, 2.45) is 10.9 Å². The van der Waals surface area contributed by atoms with Gasteiger partial charge in [-0.25, -0.2) is 0 Å². The molecule has 1 aromatic rings. The molecular formula is C19H31BrN4. The molecule has 0 saturated carbocycles. The van der Waals surface area contributed by atoms with Gasteiger partial charge < -0.3 is 15.1 Å². The van der Waals surface area contributed by atoms with Gasteiger partial charge in [0.25, 0.3) is 0 Å². The lowest BCUT2D eigenvalue weighted by Gasteiger charge is -2.28. The van der Waals surface area contributed by atoms with Crippen molar-refractivity contribution < 1.29 is 0 Å². The smallest absolute Gasteiger partial charge is 0.193 e. The Hall–Kier alpha value is -1.07. The summed E-state index contributed by atoms with van der Waals surface area (Å²) in [6, 6.07) is 8.38. The number of rotatable bonds is 6. The molecule has 0 bridgehead atoms. The number of likely N-dealkylation sites (tertiary alicyclic amines) is 1. The Kier molecular flexibility index (Phi) is 8.06. The molecule has 0 radical (unpaired) electrons. The van der Waals surface area contributed by atoms with Crippen molar-refractivity contribution in [2.75, 3.05) is 40.3 Å². The zero-order valence-corrected chi connectivity index (χ0v) is 16.8. The summed E-state index contributed by atoms with van der Waals surface area (Å²) in [5.41, 5.74) is 1.28. The van der Waals surface area contributed by atoms with Crippen molar-refractivity contribution in [3.63, 3.8) is 0 Å². The molecule has 1 heterocycles. The molecule has 1 aliphatic rings. The quantitative estimate of drug-likeness (QED) is 0.590. The first-order valence-corrected chi connectivity index (χ1v) is 9.80. The molecule has 1 N–H and O–H groups in total. The van der Waals surface area contributed by atoms with E-state index in [-0.39, 0.29) is 0 Å². The number of guanidine groups is 1. The van der Waals surface area contributed by atoms with Crippen molar-refractivity contribution in [3.05, 3.63) is 34.3 Å². The largest absolute Gasteiger partial charge is 0.357 e.